The van der Waals surface area contributed by atoms with E-state index in [1.165, 1.54) is 0 Å². The Labute approximate surface area is 103 Å². The summed E-state index contributed by atoms with van der Waals surface area (Å²) in [6.07, 6.45) is 0. The highest BCUT2D eigenvalue weighted by molar-refractivity contribution is 7.99. The molecule has 0 saturated carbocycles. The van der Waals surface area contributed by atoms with Gasteiger partial charge in [0.25, 0.3) is 0 Å². The standard InChI is InChI=1S/C11H13NO4S/c1-7(17-3-2-13)8-4-10-11(16-6-15-10)5-9(8)12-14/h4-5,7,13H,2-3,6H2,1H3. The van der Waals surface area contributed by atoms with Gasteiger partial charge in [-0.05, 0) is 23.7 Å². The van der Waals surface area contributed by atoms with Crippen molar-refractivity contribution < 1.29 is 14.6 Å². The summed E-state index contributed by atoms with van der Waals surface area (Å²) in [4.78, 5) is 10.8. The Balaban J connectivity index is 2.28. The average molecular weight is 255 g/mol. The SMILES string of the molecule is CC(SCCO)c1cc2c(cc1N=O)OCO2. The molecule has 0 amide bonds. The van der Waals surface area contributed by atoms with Crippen LogP contribution in [-0.2, 0) is 0 Å². The molecule has 1 heterocycles. The molecule has 0 aromatic heterocycles. The molecule has 1 aromatic carbocycles. The second kappa shape index (κ2) is 5.37. The number of rotatable bonds is 5. The van der Waals surface area contributed by atoms with Gasteiger partial charge in [0.1, 0.15) is 5.69 Å². The molecule has 0 spiro atoms. The van der Waals surface area contributed by atoms with E-state index in [-0.39, 0.29) is 18.6 Å². The fraction of sp³-hybridized carbons (Fsp3) is 0.455. The first kappa shape index (κ1) is 12.2. The van der Waals surface area contributed by atoms with Crippen LogP contribution < -0.4 is 9.47 Å². The molecule has 6 heteroatoms. The largest absolute Gasteiger partial charge is 0.454 e. The number of aliphatic hydroxyl groups is 1. The molecular formula is C11H13NO4S. The first-order chi connectivity index (χ1) is 8.26. The minimum Gasteiger partial charge on any atom is -0.454 e. The number of aliphatic hydroxyl groups excluding tert-OH is 1. The summed E-state index contributed by atoms with van der Waals surface area (Å²) < 4.78 is 10.5. The number of benzene rings is 1. The zero-order valence-electron chi connectivity index (χ0n) is 9.38. The van der Waals surface area contributed by atoms with Crippen molar-refractivity contribution in [3.8, 4) is 11.5 Å². The van der Waals surface area contributed by atoms with Crippen LogP contribution in [-0.4, -0.2) is 24.3 Å². The molecule has 0 saturated heterocycles. The summed E-state index contributed by atoms with van der Waals surface area (Å²) in [6.45, 7) is 2.26. The lowest BCUT2D eigenvalue weighted by Crippen LogP contribution is -1.94. The van der Waals surface area contributed by atoms with Crippen LogP contribution >= 0.6 is 11.8 Å². The molecule has 1 atom stereocenters. The van der Waals surface area contributed by atoms with Gasteiger partial charge >= 0.3 is 0 Å². The summed E-state index contributed by atoms with van der Waals surface area (Å²) in [5, 5.41) is 11.9. The lowest BCUT2D eigenvalue weighted by Gasteiger charge is -2.13. The van der Waals surface area contributed by atoms with E-state index in [1.54, 1.807) is 23.9 Å². The molecular weight excluding hydrogens is 242 g/mol. The predicted molar refractivity (Wildman–Crippen MR) is 66.0 cm³/mol. The summed E-state index contributed by atoms with van der Waals surface area (Å²) in [5.41, 5.74) is 1.18. The smallest absolute Gasteiger partial charge is 0.231 e. The van der Waals surface area contributed by atoms with Gasteiger partial charge in [0.05, 0.1) is 6.61 Å². The Morgan fingerprint density at radius 1 is 1.47 bits per heavy atom. The maximum Gasteiger partial charge on any atom is 0.231 e. The fourth-order valence-electron chi connectivity index (χ4n) is 1.67. The van der Waals surface area contributed by atoms with Gasteiger partial charge in [-0.15, -0.1) is 4.91 Å². The maximum atomic E-state index is 10.8. The van der Waals surface area contributed by atoms with Gasteiger partial charge in [-0.2, -0.15) is 11.8 Å². The second-order valence-corrected chi connectivity index (χ2v) is 5.04. The number of ether oxygens (including phenoxy) is 2. The molecule has 5 nitrogen and oxygen atoms in total. The van der Waals surface area contributed by atoms with Crippen LogP contribution in [0, 0.1) is 4.91 Å². The van der Waals surface area contributed by atoms with Crippen LogP contribution in [0.5, 0.6) is 11.5 Å². The van der Waals surface area contributed by atoms with Crippen LogP contribution in [0.3, 0.4) is 0 Å². The van der Waals surface area contributed by atoms with Crippen LogP contribution in [0.2, 0.25) is 0 Å². The highest BCUT2D eigenvalue weighted by Gasteiger charge is 2.20. The van der Waals surface area contributed by atoms with E-state index in [0.29, 0.717) is 22.9 Å². The number of nitroso groups, excluding NO2 is 1. The predicted octanol–water partition coefficient (Wildman–Crippen LogP) is 2.60. The number of fused-ring (bicyclic) bond motifs is 1. The van der Waals surface area contributed by atoms with Gasteiger partial charge in [-0.3, -0.25) is 0 Å². The summed E-state index contributed by atoms with van der Waals surface area (Å²) in [5.74, 6) is 1.82. The molecule has 1 aliphatic heterocycles. The van der Waals surface area contributed by atoms with Gasteiger partial charge in [-0.1, -0.05) is 0 Å². The molecule has 2 rings (SSSR count). The van der Waals surface area contributed by atoms with E-state index in [2.05, 4.69) is 5.18 Å². The quantitative estimate of drug-likeness (QED) is 0.819. The number of nitrogens with zero attached hydrogens (tertiary/aromatic N) is 1. The number of hydrogen-bond acceptors (Lipinski definition) is 6. The van der Waals surface area contributed by atoms with E-state index < -0.39 is 0 Å². The lowest BCUT2D eigenvalue weighted by atomic mass is 10.1. The molecule has 0 aliphatic carbocycles. The van der Waals surface area contributed by atoms with Gasteiger partial charge in [0, 0.05) is 17.1 Å². The molecule has 0 bridgehead atoms. The van der Waals surface area contributed by atoms with Crippen molar-refractivity contribution >= 4 is 17.4 Å². The third-order valence-electron chi connectivity index (χ3n) is 2.52. The van der Waals surface area contributed by atoms with Crippen molar-refractivity contribution in [3.63, 3.8) is 0 Å². The van der Waals surface area contributed by atoms with Crippen LogP contribution in [0.1, 0.15) is 17.7 Å². The van der Waals surface area contributed by atoms with Gasteiger partial charge < -0.3 is 14.6 Å². The third-order valence-corrected chi connectivity index (χ3v) is 3.69. The Hall–Kier alpha value is -1.27. The fourth-order valence-corrected chi connectivity index (χ4v) is 2.50. The van der Waals surface area contributed by atoms with Crippen molar-refractivity contribution in [2.45, 2.75) is 12.2 Å². The molecule has 1 unspecified atom stereocenters. The van der Waals surface area contributed by atoms with E-state index >= 15 is 0 Å². The van der Waals surface area contributed by atoms with E-state index in [4.69, 9.17) is 14.6 Å². The minimum absolute atomic E-state index is 0.0735. The first-order valence-electron chi connectivity index (χ1n) is 5.25. The zero-order chi connectivity index (χ0) is 12.3. The van der Waals surface area contributed by atoms with Crippen molar-refractivity contribution in [2.24, 2.45) is 5.18 Å². The van der Waals surface area contributed by atoms with Gasteiger partial charge in [-0.25, -0.2) is 0 Å². The summed E-state index contributed by atoms with van der Waals surface area (Å²) in [6, 6.07) is 3.38. The topological polar surface area (TPSA) is 68.1 Å². The van der Waals surface area contributed by atoms with Crippen LogP contribution in [0.25, 0.3) is 0 Å². The lowest BCUT2D eigenvalue weighted by molar-refractivity contribution is 0.174. The Morgan fingerprint density at radius 2 is 2.18 bits per heavy atom. The van der Waals surface area contributed by atoms with E-state index in [9.17, 15) is 4.91 Å². The number of hydrogen-bond donors (Lipinski definition) is 1. The highest BCUT2D eigenvalue weighted by atomic mass is 32.2. The van der Waals surface area contributed by atoms with Crippen LogP contribution in [0.4, 0.5) is 5.69 Å². The average Bonchev–Trinajstić information content (AvgIpc) is 2.81. The second-order valence-electron chi connectivity index (χ2n) is 3.59. The van der Waals surface area contributed by atoms with Crippen molar-refractivity contribution in [3.05, 3.63) is 22.6 Å². The monoisotopic (exact) mass is 255 g/mol. The van der Waals surface area contributed by atoms with Crippen LogP contribution in [0.15, 0.2) is 17.3 Å². The van der Waals surface area contributed by atoms with Crippen molar-refractivity contribution in [1.29, 1.82) is 0 Å². The Kier molecular flexibility index (Phi) is 3.86. The zero-order valence-corrected chi connectivity index (χ0v) is 10.2. The third kappa shape index (κ3) is 2.53. The maximum absolute atomic E-state index is 10.8. The normalized spacial score (nSPS) is 14.7. The summed E-state index contributed by atoms with van der Waals surface area (Å²) >= 11 is 1.56. The highest BCUT2D eigenvalue weighted by Crippen LogP contribution is 2.43. The van der Waals surface area contributed by atoms with E-state index in [0.717, 1.165) is 5.56 Å². The van der Waals surface area contributed by atoms with Gasteiger partial charge in [0.15, 0.2) is 11.5 Å². The summed E-state index contributed by atoms with van der Waals surface area (Å²) in [7, 11) is 0. The molecule has 17 heavy (non-hydrogen) atoms. The first-order valence-corrected chi connectivity index (χ1v) is 6.30. The van der Waals surface area contributed by atoms with Crippen molar-refractivity contribution in [1.82, 2.24) is 0 Å². The van der Waals surface area contributed by atoms with E-state index in [1.807, 2.05) is 6.92 Å². The molecule has 0 radical (unpaired) electrons. The Bertz CT molecular complexity index is 424. The molecule has 1 aromatic rings. The minimum atomic E-state index is 0.0735. The molecule has 1 N–H and O–H groups in total. The molecule has 0 fully saturated rings. The van der Waals surface area contributed by atoms with Crippen molar-refractivity contribution in [2.75, 3.05) is 19.2 Å². The van der Waals surface area contributed by atoms with Gasteiger partial charge in [0.2, 0.25) is 6.79 Å². The number of thioether (sulfide) groups is 1. The molecule has 92 valence electrons. The molecule has 1 aliphatic rings. The Morgan fingerprint density at radius 3 is 2.82 bits per heavy atom.